The highest BCUT2D eigenvalue weighted by Gasteiger charge is 2.47. The number of hydrogen-bond acceptors (Lipinski definition) is 7. The fourth-order valence-electron chi connectivity index (χ4n) is 3.95. The molecule has 33 heavy (non-hydrogen) atoms. The molecule has 0 radical (unpaired) electrons. The van der Waals surface area contributed by atoms with Crippen molar-refractivity contribution < 1.29 is 28.9 Å². The Labute approximate surface area is 194 Å². The first-order chi connectivity index (χ1) is 15.8. The lowest BCUT2D eigenvalue weighted by Gasteiger charge is -2.27. The van der Waals surface area contributed by atoms with Crippen LogP contribution in [0.1, 0.15) is 23.6 Å². The van der Waals surface area contributed by atoms with Crippen LogP contribution in [0.25, 0.3) is 5.76 Å². The predicted molar refractivity (Wildman–Crippen MR) is 125 cm³/mol. The molecule has 176 valence electrons. The molecule has 3 rings (SSSR count). The van der Waals surface area contributed by atoms with Crippen LogP contribution >= 0.6 is 0 Å². The maximum absolute atomic E-state index is 13.2. The van der Waals surface area contributed by atoms with E-state index in [9.17, 15) is 14.7 Å². The quantitative estimate of drug-likeness (QED) is 0.354. The molecule has 2 aromatic rings. The van der Waals surface area contributed by atoms with Crippen LogP contribution in [0.5, 0.6) is 17.2 Å². The largest absolute Gasteiger partial charge is 0.507 e. The Balaban J connectivity index is 2.17. The third-order valence-electron chi connectivity index (χ3n) is 5.64. The predicted octanol–water partition coefficient (Wildman–Crippen LogP) is 3.09. The molecule has 8 heteroatoms. The number of ketones is 1. The van der Waals surface area contributed by atoms with Crippen molar-refractivity contribution in [2.75, 3.05) is 48.5 Å². The monoisotopic (exact) mass is 454 g/mol. The van der Waals surface area contributed by atoms with Crippen molar-refractivity contribution in [3.63, 3.8) is 0 Å². The zero-order valence-corrected chi connectivity index (χ0v) is 19.6. The van der Waals surface area contributed by atoms with Gasteiger partial charge in [0.1, 0.15) is 23.0 Å². The molecule has 1 heterocycles. The van der Waals surface area contributed by atoms with E-state index in [0.29, 0.717) is 41.3 Å². The lowest BCUT2D eigenvalue weighted by molar-refractivity contribution is -0.140. The number of carbonyl (C=O) groups excluding carboxylic acids is 2. The van der Waals surface area contributed by atoms with Crippen LogP contribution in [0.4, 0.5) is 0 Å². The summed E-state index contributed by atoms with van der Waals surface area (Å²) < 4.78 is 16.1. The van der Waals surface area contributed by atoms with Gasteiger partial charge in [0.05, 0.1) is 32.9 Å². The first-order valence-electron chi connectivity index (χ1n) is 10.6. The number of aliphatic hydroxyl groups is 1. The van der Waals surface area contributed by atoms with Gasteiger partial charge in [-0.25, -0.2) is 0 Å². The van der Waals surface area contributed by atoms with Gasteiger partial charge in [0.15, 0.2) is 0 Å². The van der Waals surface area contributed by atoms with E-state index in [0.717, 1.165) is 6.54 Å². The van der Waals surface area contributed by atoms with Crippen LogP contribution in [-0.4, -0.2) is 75.1 Å². The molecule has 8 nitrogen and oxygen atoms in total. The first kappa shape index (κ1) is 24.1. The van der Waals surface area contributed by atoms with Crippen molar-refractivity contribution in [3.05, 3.63) is 59.2 Å². The molecule has 1 N–H and O–H groups in total. The number of carbonyl (C=O) groups is 2. The van der Waals surface area contributed by atoms with Crippen molar-refractivity contribution in [2.45, 2.75) is 12.5 Å². The molecule has 1 saturated heterocycles. The molecule has 0 spiro atoms. The van der Waals surface area contributed by atoms with Crippen LogP contribution in [0.2, 0.25) is 0 Å². The topological polar surface area (TPSA) is 88.5 Å². The van der Waals surface area contributed by atoms with Crippen molar-refractivity contribution >= 4 is 17.4 Å². The van der Waals surface area contributed by atoms with Crippen molar-refractivity contribution in [1.29, 1.82) is 0 Å². The number of nitrogens with zero attached hydrogens (tertiary/aromatic N) is 2. The molecule has 1 amide bonds. The number of ether oxygens (including phenoxy) is 3. The minimum Gasteiger partial charge on any atom is -0.507 e. The maximum Gasteiger partial charge on any atom is 0.295 e. The summed E-state index contributed by atoms with van der Waals surface area (Å²) in [5.41, 5.74) is 0.992. The molecule has 0 aliphatic carbocycles. The van der Waals surface area contributed by atoms with Crippen LogP contribution in [0.3, 0.4) is 0 Å². The SMILES string of the molecule is COc1ccc(/C(O)=C2\C(=O)C(=O)N(CCCN(C)C)[C@@H]2c2cc(OC)ccc2OC)cc1. The molecule has 0 saturated carbocycles. The summed E-state index contributed by atoms with van der Waals surface area (Å²) >= 11 is 0. The second-order valence-corrected chi connectivity index (χ2v) is 7.99. The second kappa shape index (κ2) is 10.4. The summed E-state index contributed by atoms with van der Waals surface area (Å²) in [7, 11) is 8.49. The van der Waals surface area contributed by atoms with Gasteiger partial charge in [-0.1, -0.05) is 0 Å². The third kappa shape index (κ3) is 4.96. The van der Waals surface area contributed by atoms with Gasteiger partial charge in [-0.05, 0) is 69.5 Å². The van der Waals surface area contributed by atoms with Crippen molar-refractivity contribution in [3.8, 4) is 17.2 Å². The van der Waals surface area contributed by atoms with E-state index in [1.807, 2.05) is 19.0 Å². The van der Waals surface area contributed by atoms with Gasteiger partial charge in [-0.3, -0.25) is 9.59 Å². The second-order valence-electron chi connectivity index (χ2n) is 7.99. The number of hydrogen-bond donors (Lipinski definition) is 1. The molecule has 1 atom stereocenters. The highest BCUT2D eigenvalue weighted by Crippen LogP contribution is 2.44. The number of methoxy groups -OCH3 is 3. The molecule has 1 fully saturated rings. The number of rotatable bonds is 9. The molecular weight excluding hydrogens is 424 g/mol. The summed E-state index contributed by atoms with van der Waals surface area (Å²) in [5, 5.41) is 11.2. The van der Waals surface area contributed by atoms with Gasteiger partial charge in [0.25, 0.3) is 11.7 Å². The number of aliphatic hydroxyl groups excluding tert-OH is 1. The Morgan fingerprint density at radius 2 is 1.61 bits per heavy atom. The Morgan fingerprint density at radius 3 is 2.18 bits per heavy atom. The third-order valence-corrected chi connectivity index (χ3v) is 5.64. The van der Waals surface area contributed by atoms with E-state index in [4.69, 9.17) is 14.2 Å². The normalized spacial score (nSPS) is 17.5. The maximum atomic E-state index is 13.2. The molecular formula is C25H30N2O6. The van der Waals surface area contributed by atoms with Crippen molar-refractivity contribution in [2.24, 2.45) is 0 Å². The standard InChI is InChI=1S/C25H30N2O6/c1-26(2)13-6-14-27-22(19-15-18(32-4)11-12-20(19)33-5)21(24(29)25(27)30)23(28)16-7-9-17(31-3)10-8-16/h7-12,15,22,28H,6,13-14H2,1-5H3/b23-21+/t22-/m1/s1. The van der Waals surface area contributed by atoms with Crippen LogP contribution in [0.15, 0.2) is 48.0 Å². The van der Waals surface area contributed by atoms with E-state index in [1.165, 1.54) is 19.1 Å². The summed E-state index contributed by atoms with van der Waals surface area (Å²) in [6.45, 7) is 1.08. The van der Waals surface area contributed by atoms with Gasteiger partial charge < -0.3 is 29.1 Å². The molecule has 0 aromatic heterocycles. The van der Waals surface area contributed by atoms with Crippen LogP contribution in [-0.2, 0) is 9.59 Å². The Kier molecular flexibility index (Phi) is 7.60. The average molecular weight is 455 g/mol. The summed E-state index contributed by atoms with van der Waals surface area (Å²) in [6, 6.07) is 11.0. The van der Waals surface area contributed by atoms with Crippen LogP contribution in [0, 0.1) is 0 Å². The van der Waals surface area contributed by atoms with Gasteiger partial charge in [0, 0.05) is 17.7 Å². The average Bonchev–Trinajstić information content (AvgIpc) is 3.07. The highest BCUT2D eigenvalue weighted by atomic mass is 16.5. The summed E-state index contributed by atoms with van der Waals surface area (Å²) in [5.74, 6) is 0.0134. The highest BCUT2D eigenvalue weighted by molar-refractivity contribution is 6.46. The molecule has 2 aromatic carbocycles. The minimum absolute atomic E-state index is 0.0153. The zero-order valence-electron chi connectivity index (χ0n) is 19.6. The smallest absolute Gasteiger partial charge is 0.295 e. The minimum atomic E-state index is -0.820. The number of Topliss-reactive ketones (excluding diaryl/α,β-unsaturated/α-hetero) is 1. The van der Waals surface area contributed by atoms with E-state index >= 15 is 0 Å². The number of benzene rings is 2. The van der Waals surface area contributed by atoms with E-state index in [1.54, 1.807) is 49.6 Å². The van der Waals surface area contributed by atoms with Gasteiger partial charge in [-0.2, -0.15) is 0 Å². The fourth-order valence-corrected chi connectivity index (χ4v) is 3.95. The Bertz CT molecular complexity index is 1050. The van der Waals surface area contributed by atoms with Gasteiger partial charge in [0.2, 0.25) is 0 Å². The molecule has 1 aliphatic rings. The van der Waals surface area contributed by atoms with E-state index < -0.39 is 17.7 Å². The van der Waals surface area contributed by atoms with Gasteiger partial charge in [-0.15, -0.1) is 0 Å². The number of likely N-dealkylation sites (tertiary alicyclic amines) is 1. The summed E-state index contributed by atoms with van der Waals surface area (Å²) in [6.07, 6.45) is 0.658. The van der Waals surface area contributed by atoms with E-state index in [-0.39, 0.29) is 11.3 Å². The summed E-state index contributed by atoms with van der Waals surface area (Å²) in [4.78, 5) is 29.8. The van der Waals surface area contributed by atoms with E-state index in [2.05, 4.69) is 0 Å². The van der Waals surface area contributed by atoms with Crippen LogP contribution < -0.4 is 14.2 Å². The fraction of sp³-hybridized carbons (Fsp3) is 0.360. The van der Waals surface area contributed by atoms with Crippen molar-refractivity contribution in [1.82, 2.24) is 9.80 Å². The zero-order chi connectivity index (χ0) is 24.1. The Hall–Kier alpha value is -3.52. The molecule has 0 unspecified atom stereocenters. The lowest BCUT2D eigenvalue weighted by Crippen LogP contribution is -2.32. The first-order valence-corrected chi connectivity index (χ1v) is 10.6. The Morgan fingerprint density at radius 1 is 0.970 bits per heavy atom. The molecule has 0 bridgehead atoms. The van der Waals surface area contributed by atoms with Gasteiger partial charge >= 0.3 is 0 Å². The number of amides is 1. The molecule has 1 aliphatic heterocycles. The lowest BCUT2D eigenvalue weighted by atomic mass is 9.94.